The van der Waals surface area contributed by atoms with Crippen LogP contribution in [-0.4, -0.2) is 37.6 Å². The fraction of sp³-hybridized carbons (Fsp3) is 0.529. The van der Waals surface area contributed by atoms with E-state index in [9.17, 15) is 9.59 Å². The average molecular weight is 373 g/mol. The molecule has 24 heavy (non-hydrogen) atoms. The highest BCUT2D eigenvalue weighted by molar-refractivity contribution is 6.42. The maximum absolute atomic E-state index is 11.9. The Labute approximate surface area is 152 Å². The largest absolute Gasteiger partial charge is 0.368 e. The minimum Gasteiger partial charge on any atom is -0.368 e. The molecule has 0 radical (unpaired) electrons. The van der Waals surface area contributed by atoms with Gasteiger partial charge in [0.05, 0.1) is 16.1 Å². The second kappa shape index (κ2) is 9.87. The first-order valence-electron chi connectivity index (χ1n) is 8.18. The van der Waals surface area contributed by atoms with Gasteiger partial charge in [0.2, 0.25) is 5.91 Å². The van der Waals surface area contributed by atoms with E-state index in [0.29, 0.717) is 28.7 Å². The molecule has 1 aliphatic carbocycles. The highest BCUT2D eigenvalue weighted by Gasteiger charge is 2.15. The Kier molecular flexibility index (Phi) is 7.82. The van der Waals surface area contributed by atoms with Crippen LogP contribution in [0.4, 0.5) is 0 Å². The fourth-order valence-corrected chi connectivity index (χ4v) is 2.89. The van der Waals surface area contributed by atoms with Gasteiger partial charge in [-0.25, -0.2) is 0 Å². The molecule has 1 aromatic carbocycles. The molecule has 1 aromatic rings. The molecule has 0 saturated heterocycles. The Balaban J connectivity index is 1.60. The second-order valence-corrected chi connectivity index (χ2v) is 6.62. The van der Waals surface area contributed by atoms with E-state index in [1.165, 1.54) is 25.3 Å². The summed E-state index contributed by atoms with van der Waals surface area (Å²) in [5, 5.41) is 6.17. The summed E-state index contributed by atoms with van der Waals surface area (Å²) in [6.07, 6.45) is 5.88. The number of rotatable bonds is 7. The molecular weight excluding hydrogens is 351 g/mol. The molecule has 2 N–H and O–H groups in total. The topological polar surface area (TPSA) is 67.4 Å². The number of carbonyl (C=O) groups is 2. The Hall–Kier alpha value is -1.30. The zero-order chi connectivity index (χ0) is 17.4. The molecule has 2 amide bonds. The minimum absolute atomic E-state index is 0.0748. The van der Waals surface area contributed by atoms with E-state index in [2.05, 4.69) is 10.6 Å². The van der Waals surface area contributed by atoms with E-state index in [4.69, 9.17) is 27.9 Å². The minimum atomic E-state index is -0.263. The molecule has 1 fully saturated rings. The van der Waals surface area contributed by atoms with Gasteiger partial charge in [0.25, 0.3) is 5.91 Å². The van der Waals surface area contributed by atoms with E-state index in [1.54, 1.807) is 12.1 Å². The van der Waals surface area contributed by atoms with E-state index in [1.807, 2.05) is 0 Å². The van der Waals surface area contributed by atoms with Crippen molar-refractivity contribution in [3.05, 3.63) is 33.8 Å². The summed E-state index contributed by atoms with van der Waals surface area (Å²) >= 11 is 11.7. The molecule has 0 bridgehead atoms. The second-order valence-electron chi connectivity index (χ2n) is 5.81. The Morgan fingerprint density at radius 3 is 2.46 bits per heavy atom. The first-order chi connectivity index (χ1) is 11.6. The Morgan fingerprint density at radius 1 is 1.04 bits per heavy atom. The lowest BCUT2D eigenvalue weighted by Gasteiger charge is -2.21. The number of hydrogen-bond donors (Lipinski definition) is 2. The van der Waals surface area contributed by atoms with E-state index < -0.39 is 0 Å². The van der Waals surface area contributed by atoms with Crippen molar-refractivity contribution in [2.45, 2.75) is 38.2 Å². The quantitative estimate of drug-likeness (QED) is 0.722. The molecule has 132 valence electrons. The molecule has 0 heterocycles. The lowest BCUT2D eigenvalue weighted by Crippen LogP contribution is -2.37. The molecule has 0 aromatic heterocycles. The molecule has 0 aliphatic heterocycles. The number of halogens is 2. The number of hydrogen-bond acceptors (Lipinski definition) is 3. The number of carbonyl (C=O) groups excluding carboxylic acids is 2. The maximum Gasteiger partial charge on any atom is 0.251 e. The van der Waals surface area contributed by atoms with Crippen molar-refractivity contribution in [2.24, 2.45) is 0 Å². The van der Waals surface area contributed by atoms with Crippen molar-refractivity contribution < 1.29 is 14.3 Å². The highest BCUT2D eigenvalue weighted by atomic mass is 35.5. The van der Waals surface area contributed by atoms with E-state index in [0.717, 1.165) is 12.8 Å². The van der Waals surface area contributed by atoms with Crippen molar-refractivity contribution in [1.29, 1.82) is 0 Å². The van der Waals surface area contributed by atoms with Crippen LogP contribution in [0, 0.1) is 0 Å². The Bertz CT molecular complexity index is 575. The van der Waals surface area contributed by atoms with Gasteiger partial charge in [0, 0.05) is 18.7 Å². The number of nitrogens with one attached hydrogen (secondary N) is 2. The summed E-state index contributed by atoms with van der Waals surface area (Å²) in [7, 11) is 0. The van der Waals surface area contributed by atoms with Crippen LogP contribution in [0.3, 0.4) is 0 Å². The van der Waals surface area contributed by atoms with Crippen LogP contribution >= 0.6 is 23.2 Å². The van der Waals surface area contributed by atoms with Crippen molar-refractivity contribution in [1.82, 2.24) is 10.6 Å². The molecule has 0 spiro atoms. The van der Waals surface area contributed by atoms with Gasteiger partial charge in [-0.1, -0.05) is 42.5 Å². The van der Waals surface area contributed by atoms with Gasteiger partial charge in [-0.2, -0.15) is 0 Å². The monoisotopic (exact) mass is 372 g/mol. The van der Waals surface area contributed by atoms with Crippen LogP contribution in [0.2, 0.25) is 10.0 Å². The van der Waals surface area contributed by atoms with E-state index >= 15 is 0 Å². The normalized spacial score (nSPS) is 15.1. The molecule has 0 atom stereocenters. The summed E-state index contributed by atoms with van der Waals surface area (Å²) < 4.78 is 5.59. The molecular formula is C17H22Cl2N2O3. The highest BCUT2D eigenvalue weighted by Crippen LogP contribution is 2.22. The van der Waals surface area contributed by atoms with Crippen LogP contribution in [0.25, 0.3) is 0 Å². The summed E-state index contributed by atoms with van der Waals surface area (Å²) in [5.41, 5.74) is 0.427. The van der Waals surface area contributed by atoms with Gasteiger partial charge in [0.1, 0.15) is 6.61 Å². The third-order valence-electron chi connectivity index (χ3n) is 3.92. The van der Waals surface area contributed by atoms with E-state index in [-0.39, 0.29) is 24.5 Å². The van der Waals surface area contributed by atoms with Crippen molar-refractivity contribution >= 4 is 35.0 Å². The van der Waals surface area contributed by atoms with Gasteiger partial charge >= 0.3 is 0 Å². The number of amides is 2. The standard InChI is InChI=1S/C17H22Cl2N2O3/c18-14-7-6-12(10-15(14)19)17(23)21-9-8-20-16(22)11-24-13-4-2-1-3-5-13/h6-7,10,13H,1-5,8-9,11H2,(H,20,22)(H,21,23). The molecule has 0 unspecified atom stereocenters. The lowest BCUT2D eigenvalue weighted by molar-refractivity contribution is -0.128. The van der Waals surface area contributed by atoms with Gasteiger partial charge < -0.3 is 15.4 Å². The predicted octanol–water partition coefficient (Wildman–Crippen LogP) is 3.19. The van der Waals surface area contributed by atoms with Gasteiger partial charge in [-0.3, -0.25) is 9.59 Å². The predicted molar refractivity (Wildman–Crippen MR) is 94.6 cm³/mol. The van der Waals surface area contributed by atoms with Crippen molar-refractivity contribution in [3.8, 4) is 0 Å². The maximum atomic E-state index is 11.9. The third kappa shape index (κ3) is 6.30. The zero-order valence-corrected chi connectivity index (χ0v) is 15.0. The SMILES string of the molecule is O=C(COC1CCCCC1)NCCNC(=O)c1ccc(Cl)c(Cl)c1. The van der Waals surface area contributed by atoms with Crippen LogP contribution in [0.5, 0.6) is 0 Å². The number of ether oxygens (including phenoxy) is 1. The summed E-state index contributed by atoms with van der Waals surface area (Å²) in [4.78, 5) is 23.6. The van der Waals surface area contributed by atoms with Gasteiger partial charge in [0.15, 0.2) is 0 Å². The van der Waals surface area contributed by atoms with Crippen molar-refractivity contribution in [2.75, 3.05) is 19.7 Å². The first-order valence-corrected chi connectivity index (χ1v) is 8.93. The fourth-order valence-electron chi connectivity index (χ4n) is 2.59. The molecule has 2 rings (SSSR count). The van der Waals surface area contributed by atoms with Crippen LogP contribution in [0.15, 0.2) is 18.2 Å². The summed E-state index contributed by atoms with van der Waals surface area (Å²) in [6.45, 7) is 0.750. The first kappa shape index (κ1) is 19.0. The summed E-state index contributed by atoms with van der Waals surface area (Å²) in [6, 6.07) is 4.68. The zero-order valence-electron chi connectivity index (χ0n) is 13.4. The van der Waals surface area contributed by atoms with Gasteiger partial charge in [-0.05, 0) is 31.0 Å². The molecule has 1 aliphatic rings. The van der Waals surface area contributed by atoms with Crippen LogP contribution < -0.4 is 10.6 Å². The summed E-state index contributed by atoms with van der Waals surface area (Å²) in [5.74, 6) is -0.425. The lowest BCUT2D eigenvalue weighted by atomic mass is 9.98. The molecule has 1 saturated carbocycles. The third-order valence-corrected chi connectivity index (χ3v) is 4.66. The van der Waals surface area contributed by atoms with Crippen LogP contribution in [-0.2, 0) is 9.53 Å². The number of benzene rings is 1. The Morgan fingerprint density at radius 2 is 1.75 bits per heavy atom. The smallest absolute Gasteiger partial charge is 0.251 e. The average Bonchev–Trinajstić information content (AvgIpc) is 2.60. The molecule has 7 heteroatoms. The van der Waals surface area contributed by atoms with Crippen molar-refractivity contribution in [3.63, 3.8) is 0 Å². The molecule has 5 nitrogen and oxygen atoms in total. The van der Waals surface area contributed by atoms with Crippen LogP contribution in [0.1, 0.15) is 42.5 Å². The van der Waals surface area contributed by atoms with Gasteiger partial charge in [-0.15, -0.1) is 0 Å².